The van der Waals surface area contributed by atoms with Crippen molar-refractivity contribution in [1.29, 1.82) is 0 Å². The minimum atomic E-state index is -0.279. The summed E-state index contributed by atoms with van der Waals surface area (Å²) in [6.45, 7) is 4.30. The second-order valence-electron chi connectivity index (χ2n) is 4.41. The van der Waals surface area contributed by atoms with Gasteiger partial charge in [-0.25, -0.2) is 4.39 Å². The van der Waals surface area contributed by atoms with Gasteiger partial charge in [-0.15, -0.1) is 0 Å². The highest BCUT2D eigenvalue weighted by atomic mass is 19.1. The van der Waals surface area contributed by atoms with Crippen LogP contribution in [0.4, 0.5) is 10.1 Å². The number of hydrazine groups is 1. The van der Waals surface area contributed by atoms with Gasteiger partial charge in [0.2, 0.25) is 0 Å². The largest absolute Gasteiger partial charge is 0.398 e. The Morgan fingerprint density at radius 1 is 1.29 bits per heavy atom. The molecule has 0 bridgehead atoms. The van der Waals surface area contributed by atoms with Crippen LogP contribution in [0.15, 0.2) is 18.2 Å². The Bertz CT molecular complexity index is 351. The van der Waals surface area contributed by atoms with Crippen molar-refractivity contribution >= 4 is 5.69 Å². The van der Waals surface area contributed by atoms with Crippen LogP contribution < -0.4 is 17.0 Å². The Kier molecular flexibility index (Phi) is 5.38. The van der Waals surface area contributed by atoms with E-state index in [1.807, 2.05) is 0 Å². The molecule has 0 aliphatic heterocycles. The van der Waals surface area contributed by atoms with Gasteiger partial charge in [-0.1, -0.05) is 26.7 Å². The van der Waals surface area contributed by atoms with E-state index in [0.717, 1.165) is 24.8 Å². The lowest BCUT2D eigenvalue weighted by Gasteiger charge is -2.22. The Morgan fingerprint density at radius 3 is 2.47 bits per heavy atom. The fourth-order valence-corrected chi connectivity index (χ4v) is 2.09. The molecule has 3 nitrogen and oxygen atoms in total. The number of nitrogens with one attached hydrogen (secondary N) is 1. The topological polar surface area (TPSA) is 64.1 Å². The number of anilines is 1. The summed E-state index contributed by atoms with van der Waals surface area (Å²) in [5.41, 5.74) is 9.93. The van der Waals surface area contributed by atoms with Crippen molar-refractivity contribution in [3.8, 4) is 0 Å². The molecule has 1 aromatic rings. The zero-order valence-electron chi connectivity index (χ0n) is 10.5. The monoisotopic (exact) mass is 239 g/mol. The highest BCUT2D eigenvalue weighted by molar-refractivity contribution is 5.48. The quantitative estimate of drug-likeness (QED) is 0.406. The maximum Gasteiger partial charge on any atom is 0.123 e. The summed E-state index contributed by atoms with van der Waals surface area (Å²) in [4.78, 5) is 0. The molecule has 0 aliphatic rings. The van der Waals surface area contributed by atoms with Gasteiger partial charge in [-0.3, -0.25) is 11.3 Å². The van der Waals surface area contributed by atoms with Crippen LogP contribution in [-0.4, -0.2) is 0 Å². The first-order valence-corrected chi connectivity index (χ1v) is 6.13. The molecule has 4 heteroatoms. The molecule has 1 aromatic carbocycles. The molecule has 0 saturated heterocycles. The van der Waals surface area contributed by atoms with Crippen molar-refractivity contribution in [2.45, 2.75) is 39.2 Å². The lowest BCUT2D eigenvalue weighted by atomic mass is 9.91. The molecule has 0 amide bonds. The summed E-state index contributed by atoms with van der Waals surface area (Å²) in [5, 5.41) is 0. The van der Waals surface area contributed by atoms with Crippen molar-refractivity contribution in [3.63, 3.8) is 0 Å². The molecule has 0 radical (unpaired) electrons. The van der Waals surface area contributed by atoms with Crippen LogP contribution in [0.3, 0.4) is 0 Å². The van der Waals surface area contributed by atoms with Gasteiger partial charge in [0.1, 0.15) is 5.82 Å². The third-order valence-corrected chi connectivity index (χ3v) is 3.35. The minimum Gasteiger partial charge on any atom is -0.398 e. The standard InChI is InChI=1S/C13H22FN3/c1-3-9(4-2)7-13(17-16)11-8-10(14)5-6-12(11)15/h5-6,8-9,13,17H,3-4,7,15-16H2,1-2H3. The van der Waals surface area contributed by atoms with Crippen LogP contribution in [0.2, 0.25) is 0 Å². The number of nitrogen functional groups attached to an aromatic ring is 1. The van der Waals surface area contributed by atoms with Gasteiger partial charge in [-0.05, 0) is 36.1 Å². The second-order valence-corrected chi connectivity index (χ2v) is 4.41. The molecule has 0 aliphatic carbocycles. The summed E-state index contributed by atoms with van der Waals surface area (Å²) in [7, 11) is 0. The van der Waals surface area contributed by atoms with Crippen molar-refractivity contribution < 1.29 is 4.39 Å². The molecule has 96 valence electrons. The highest BCUT2D eigenvalue weighted by Crippen LogP contribution is 2.28. The molecule has 0 spiro atoms. The third kappa shape index (κ3) is 3.68. The van der Waals surface area contributed by atoms with Crippen LogP contribution in [-0.2, 0) is 0 Å². The van der Waals surface area contributed by atoms with E-state index in [-0.39, 0.29) is 11.9 Å². The fraction of sp³-hybridized carbons (Fsp3) is 0.538. The summed E-state index contributed by atoms with van der Waals surface area (Å²) in [6.07, 6.45) is 3.05. The first-order valence-electron chi connectivity index (χ1n) is 6.13. The van der Waals surface area contributed by atoms with Gasteiger partial charge in [0.05, 0.1) is 0 Å². The van der Waals surface area contributed by atoms with Crippen molar-refractivity contribution in [1.82, 2.24) is 5.43 Å². The van der Waals surface area contributed by atoms with Crippen molar-refractivity contribution in [3.05, 3.63) is 29.6 Å². The molecule has 0 heterocycles. The number of rotatable bonds is 6. The molecule has 0 aromatic heterocycles. The first kappa shape index (κ1) is 13.9. The molecule has 0 fully saturated rings. The molecular formula is C13H22FN3. The number of hydrogen-bond donors (Lipinski definition) is 3. The Labute approximate surface area is 102 Å². The van der Waals surface area contributed by atoms with Crippen LogP contribution in [0.1, 0.15) is 44.7 Å². The van der Waals surface area contributed by atoms with Gasteiger partial charge < -0.3 is 5.73 Å². The molecular weight excluding hydrogens is 217 g/mol. The van der Waals surface area contributed by atoms with Gasteiger partial charge in [0.15, 0.2) is 0 Å². The molecule has 0 saturated carbocycles. The average molecular weight is 239 g/mol. The van der Waals surface area contributed by atoms with Crippen LogP contribution >= 0.6 is 0 Å². The van der Waals surface area contributed by atoms with E-state index < -0.39 is 0 Å². The number of nitrogens with two attached hydrogens (primary N) is 2. The molecule has 1 atom stereocenters. The van der Waals surface area contributed by atoms with Gasteiger partial charge in [0.25, 0.3) is 0 Å². The van der Waals surface area contributed by atoms with E-state index in [0.29, 0.717) is 11.6 Å². The van der Waals surface area contributed by atoms with Crippen LogP contribution in [0, 0.1) is 11.7 Å². The molecule has 1 unspecified atom stereocenters. The van der Waals surface area contributed by atoms with E-state index in [1.54, 1.807) is 6.07 Å². The predicted molar refractivity (Wildman–Crippen MR) is 69.6 cm³/mol. The molecule has 5 N–H and O–H groups in total. The summed E-state index contributed by atoms with van der Waals surface area (Å²) >= 11 is 0. The Morgan fingerprint density at radius 2 is 1.94 bits per heavy atom. The van der Waals surface area contributed by atoms with Gasteiger partial charge in [-0.2, -0.15) is 0 Å². The van der Waals surface area contributed by atoms with Crippen molar-refractivity contribution in [2.75, 3.05) is 5.73 Å². The van der Waals surface area contributed by atoms with E-state index >= 15 is 0 Å². The second kappa shape index (κ2) is 6.57. The lowest BCUT2D eigenvalue weighted by Crippen LogP contribution is -2.30. The predicted octanol–water partition coefficient (Wildman–Crippen LogP) is 2.74. The van der Waals surface area contributed by atoms with Crippen LogP contribution in [0.5, 0.6) is 0 Å². The van der Waals surface area contributed by atoms with E-state index in [4.69, 9.17) is 11.6 Å². The normalized spacial score (nSPS) is 13.0. The number of halogens is 1. The Hall–Kier alpha value is -1.13. The summed E-state index contributed by atoms with van der Waals surface area (Å²) < 4.78 is 13.2. The zero-order chi connectivity index (χ0) is 12.8. The smallest absolute Gasteiger partial charge is 0.123 e. The Balaban J connectivity index is 2.89. The van der Waals surface area contributed by atoms with Gasteiger partial charge in [0, 0.05) is 11.7 Å². The van der Waals surface area contributed by atoms with Gasteiger partial charge >= 0.3 is 0 Å². The summed E-state index contributed by atoms with van der Waals surface area (Å²) in [6, 6.07) is 4.32. The fourth-order valence-electron chi connectivity index (χ4n) is 2.09. The number of benzene rings is 1. The summed E-state index contributed by atoms with van der Waals surface area (Å²) in [5.74, 6) is 5.84. The molecule has 1 rings (SSSR count). The molecule has 17 heavy (non-hydrogen) atoms. The van der Waals surface area contributed by atoms with E-state index in [1.165, 1.54) is 12.1 Å². The highest BCUT2D eigenvalue weighted by Gasteiger charge is 2.17. The van der Waals surface area contributed by atoms with E-state index in [2.05, 4.69) is 19.3 Å². The average Bonchev–Trinajstić information content (AvgIpc) is 2.34. The van der Waals surface area contributed by atoms with Crippen LogP contribution in [0.25, 0.3) is 0 Å². The maximum atomic E-state index is 13.2. The lowest BCUT2D eigenvalue weighted by molar-refractivity contribution is 0.375. The first-order chi connectivity index (χ1) is 8.12. The SMILES string of the molecule is CCC(CC)CC(NN)c1cc(F)ccc1N. The number of hydrogen-bond acceptors (Lipinski definition) is 3. The maximum absolute atomic E-state index is 13.2. The van der Waals surface area contributed by atoms with E-state index in [9.17, 15) is 4.39 Å². The minimum absolute atomic E-state index is 0.0874. The zero-order valence-corrected chi connectivity index (χ0v) is 10.5. The van der Waals surface area contributed by atoms with Crippen molar-refractivity contribution in [2.24, 2.45) is 11.8 Å². The third-order valence-electron chi connectivity index (χ3n) is 3.35.